The predicted molar refractivity (Wildman–Crippen MR) is 137 cm³/mol. The molecule has 0 spiro atoms. The number of rotatable bonds is 7. The molecule has 4 rings (SSSR count). The summed E-state index contributed by atoms with van der Waals surface area (Å²) in [6, 6.07) is 24.3. The zero-order chi connectivity index (χ0) is 23.2. The van der Waals surface area contributed by atoms with Crippen molar-refractivity contribution < 1.29 is 19.4 Å². The van der Waals surface area contributed by atoms with Gasteiger partial charge in [0.05, 0.1) is 22.5 Å². The standard InChI is InChI=1S/C26H21IN2O4/c1-32-24-14-17(15-28-29-26(31)21-11-4-5-12-23(21)30)13-22(27)25(24)33-16-19-9-6-8-18-7-2-3-10-20(18)19/h2-15,30H,16H2,1H3,(H,29,31)/b28-15-. The SMILES string of the molecule is COc1cc(/C=N\NC(=O)c2ccccc2O)cc(I)c1OCc1cccc2ccccc12. The lowest BCUT2D eigenvalue weighted by molar-refractivity contribution is 0.0952. The zero-order valence-corrected chi connectivity index (χ0v) is 19.9. The number of phenols is 1. The van der Waals surface area contributed by atoms with Gasteiger partial charge in [0, 0.05) is 0 Å². The molecule has 0 aliphatic carbocycles. The molecule has 0 aromatic heterocycles. The van der Waals surface area contributed by atoms with Crippen LogP contribution in [-0.2, 0) is 6.61 Å². The predicted octanol–water partition coefficient (Wildman–Crippen LogP) is 5.50. The lowest BCUT2D eigenvalue weighted by Gasteiger charge is -2.14. The highest BCUT2D eigenvalue weighted by Crippen LogP contribution is 2.34. The minimum absolute atomic E-state index is 0.103. The highest BCUT2D eigenvalue weighted by molar-refractivity contribution is 14.1. The van der Waals surface area contributed by atoms with Crippen LogP contribution in [0.1, 0.15) is 21.5 Å². The van der Waals surface area contributed by atoms with Crippen molar-refractivity contribution in [2.45, 2.75) is 6.61 Å². The Morgan fingerprint density at radius 2 is 1.82 bits per heavy atom. The Bertz CT molecular complexity index is 1330. The number of nitrogens with zero attached hydrogens (tertiary/aromatic N) is 1. The molecule has 166 valence electrons. The Balaban J connectivity index is 1.49. The summed E-state index contributed by atoms with van der Waals surface area (Å²) in [7, 11) is 1.58. The number of para-hydroxylation sites is 1. The number of hydrogen-bond acceptors (Lipinski definition) is 5. The molecule has 0 fully saturated rings. The highest BCUT2D eigenvalue weighted by Gasteiger charge is 2.13. The fourth-order valence-corrected chi connectivity index (χ4v) is 4.20. The number of aromatic hydroxyl groups is 1. The minimum Gasteiger partial charge on any atom is -0.507 e. The molecule has 0 aliphatic rings. The van der Waals surface area contributed by atoms with Crippen molar-refractivity contribution >= 4 is 45.5 Å². The van der Waals surface area contributed by atoms with Gasteiger partial charge in [-0.3, -0.25) is 4.79 Å². The number of hydrogen-bond donors (Lipinski definition) is 2. The van der Waals surface area contributed by atoms with E-state index in [0.717, 1.165) is 25.5 Å². The molecule has 1 amide bonds. The van der Waals surface area contributed by atoms with Gasteiger partial charge in [-0.15, -0.1) is 0 Å². The number of carbonyl (C=O) groups excluding carboxylic acids is 1. The number of ether oxygens (including phenoxy) is 2. The first-order valence-electron chi connectivity index (χ1n) is 10.1. The van der Waals surface area contributed by atoms with Crippen LogP contribution in [0.2, 0.25) is 0 Å². The molecule has 0 saturated heterocycles. The molecule has 7 heteroatoms. The summed E-state index contributed by atoms with van der Waals surface area (Å²) in [5.74, 6) is 0.604. The number of halogens is 1. The lowest BCUT2D eigenvalue weighted by Crippen LogP contribution is -2.17. The van der Waals surface area contributed by atoms with Gasteiger partial charge < -0.3 is 14.6 Å². The first-order valence-corrected chi connectivity index (χ1v) is 11.2. The van der Waals surface area contributed by atoms with Gasteiger partial charge in [0.2, 0.25) is 0 Å². The fourth-order valence-electron chi connectivity index (χ4n) is 3.41. The van der Waals surface area contributed by atoms with Crippen molar-refractivity contribution in [2.24, 2.45) is 5.10 Å². The number of methoxy groups -OCH3 is 1. The molecule has 0 bridgehead atoms. The Labute approximate surface area is 205 Å². The Morgan fingerprint density at radius 3 is 2.64 bits per heavy atom. The van der Waals surface area contributed by atoms with Crippen LogP contribution in [0.3, 0.4) is 0 Å². The summed E-state index contributed by atoms with van der Waals surface area (Å²) in [5.41, 5.74) is 4.39. The molecule has 0 radical (unpaired) electrons. The van der Waals surface area contributed by atoms with Crippen molar-refractivity contribution in [1.29, 1.82) is 0 Å². The van der Waals surface area contributed by atoms with Gasteiger partial charge >= 0.3 is 0 Å². The van der Waals surface area contributed by atoms with Gasteiger partial charge in [0.1, 0.15) is 12.4 Å². The smallest absolute Gasteiger partial charge is 0.275 e. The average Bonchev–Trinajstić information content (AvgIpc) is 2.83. The van der Waals surface area contributed by atoms with Crippen LogP contribution in [0, 0.1) is 3.57 Å². The van der Waals surface area contributed by atoms with Crippen molar-refractivity contribution in [3.05, 3.63) is 99.1 Å². The number of phenolic OH excluding ortho intramolecular Hbond substituents is 1. The summed E-state index contributed by atoms with van der Waals surface area (Å²) < 4.78 is 12.5. The first-order chi connectivity index (χ1) is 16.1. The van der Waals surface area contributed by atoms with E-state index in [1.54, 1.807) is 25.3 Å². The first kappa shape index (κ1) is 22.6. The van der Waals surface area contributed by atoms with Crippen LogP contribution in [0.25, 0.3) is 10.8 Å². The second-order valence-corrected chi connectivity index (χ2v) is 8.34. The molecule has 0 saturated carbocycles. The van der Waals surface area contributed by atoms with Gasteiger partial charge in [-0.2, -0.15) is 5.10 Å². The number of fused-ring (bicyclic) bond motifs is 1. The fraction of sp³-hybridized carbons (Fsp3) is 0.0769. The molecular formula is C26H21IN2O4. The normalized spacial score (nSPS) is 11.0. The second kappa shape index (κ2) is 10.4. The van der Waals surface area contributed by atoms with E-state index < -0.39 is 5.91 Å². The molecule has 2 N–H and O–H groups in total. The van der Waals surface area contributed by atoms with Crippen LogP contribution in [0.5, 0.6) is 17.2 Å². The molecule has 0 heterocycles. The van der Waals surface area contributed by atoms with E-state index in [2.05, 4.69) is 57.4 Å². The maximum Gasteiger partial charge on any atom is 0.275 e. The van der Waals surface area contributed by atoms with E-state index in [1.165, 1.54) is 18.3 Å². The van der Waals surface area contributed by atoms with Crippen LogP contribution in [0.15, 0.2) is 84.0 Å². The second-order valence-electron chi connectivity index (χ2n) is 7.18. The van der Waals surface area contributed by atoms with E-state index in [9.17, 15) is 9.90 Å². The lowest BCUT2D eigenvalue weighted by atomic mass is 10.1. The zero-order valence-electron chi connectivity index (χ0n) is 17.8. The van der Waals surface area contributed by atoms with E-state index >= 15 is 0 Å². The third-order valence-corrected chi connectivity index (χ3v) is 5.83. The van der Waals surface area contributed by atoms with Crippen LogP contribution in [-0.4, -0.2) is 24.3 Å². The van der Waals surface area contributed by atoms with E-state index in [4.69, 9.17) is 9.47 Å². The van der Waals surface area contributed by atoms with E-state index in [1.807, 2.05) is 24.3 Å². The number of amides is 1. The van der Waals surface area contributed by atoms with Crippen molar-refractivity contribution in [3.63, 3.8) is 0 Å². The average molecular weight is 552 g/mol. The van der Waals surface area contributed by atoms with Gasteiger partial charge in [-0.25, -0.2) is 5.43 Å². The molecule has 4 aromatic carbocycles. The Hall–Kier alpha value is -3.59. The van der Waals surface area contributed by atoms with Crippen LogP contribution in [0.4, 0.5) is 0 Å². The number of nitrogens with one attached hydrogen (secondary N) is 1. The summed E-state index contributed by atoms with van der Waals surface area (Å²) in [5, 5.41) is 16.1. The topological polar surface area (TPSA) is 80.2 Å². The quantitative estimate of drug-likeness (QED) is 0.180. The van der Waals surface area contributed by atoms with E-state index in [0.29, 0.717) is 18.1 Å². The van der Waals surface area contributed by atoms with E-state index in [-0.39, 0.29) is 11.3 Å². The molecule has 0 unspecified atom stereocenters. The maximum atomic E-state index is 12.2. The van der Waals surface area contributed by atoms with Gasteiger partial charge in [0.15, 0.2) is 11.5 Å². The Morgan fingerprint density at radius 1 is 1.06 bits per heavy atom. The molecule has 6 nitrogen and oxygen atoms in total. The maximum absolute atomic E-state index is 12.2. The third-order valence-electron chi connectivity index (χ3n) is 5.03. The summed E-state index contributed by atoms with van der Waals surface area (Å²) in [6.45, 7) is 0.401. The van der Waals surface area contributed by atoms with Gasteiger partial charge in [-0.1, -0.05) is 54.6 Å². The van der Waals surface area contributed by atoms with Gasteiger partial charge in [-0.05, 0) is 68.8 Å². The van der Waals surface area contributed by atoms with Crippen LogP contribution >= 0.6 is 22.6 Å². The number of carbonyl (C=O) groups is 1. The molecule has 0 aliphatic heterocycles. The molecular weight excluding hydrogens is 531 g/mol. The molecule has 4 aromatic rings. The summed E-state index contributed by atoms with van der Waals surface area (Å²) in [6.07, 6.45) is 1.51. The number of hydrazone groups is 1. The Kier molecular flexibility index (Phi) is 7.09. The van der Waals surface area contributed by atoms with Crippen LogP contribution < -0.4 is 14.9 Å². The summed E-state index contributed by atoms with van der Waals surface area (Å²) >= 11 is 2.19. The van der Waals surface area contributed by atoms with Gasteiger partial charge in [0.25, 0.3) is 5.91 Å². The summed E-state index contributed by atoms with van der Waals surface area (Å²) in [4.78, 5) is 12.2. The minimum atomic E-state index is -0.499. The molecule has 0 atom stereocenters. The van der Waals surface area contributed by atoms with Crippen molar-refractivity contribution in [3.8, 4) is 17.2 Å². The van der Waals surface area contributed by atoms with Crippen molar-refractivity contribution in [2.75, 3.05) is 7.11 Å². The van der Waals surface area contributed by atoms with Crippen molar-refractivity contribution in [1.82, 2.24) is 5.43 Å². The third kappa shape index (κ3) is 5.25. The monoisotopic (exact) mass is 552 g/mol. The molecule has 33 heavy (non-hydrogen) atoms. The highest BCUT2D eigenvalue weighted by atomic mass is 127. The largest absolute Gasteiger partial charge is 0.507 e. The number of benzene rings is 4.